The Bertz CT molecular complexity index is 170. The van der Waals surface area contributed by atoms with Crippen molar-refractivity contribution in [1.29, 1.82) is 0 Å². The Labute approximate surface area is 65.3 Å². The molecule has 1 atom stereocenters. The Hall–Kier alpha value is -0.770. The number of amides is 1. The van der Waals surface area contributed by atoms with Gasteiger partial charge in [-0.25, -0.2) is 0 Å². The van der Waals surface area contributed by atoms with Crippen LogP contribution in [-0.4, -0.2) is 12.5 Å². The minimum Gasteiger partial charge on any atom is -0.268 e. The van der Waals surface area contributed by atoms with E-state index in [-0.39, 0.29) is 6.61 Å². The zero-order valence-electron chi connectivity index (χ0n) is 6.07. The third-order valence-corrected chi connectivity index (χ3v) is 1.35. The summed E-state index contributed by atoms with van der Waals surface area (Å²) in [5, 5.41) is 0. The van der Waals surface area contributed by atoms with Crippen LogP contribution in [0, 0.1) is 0 Å². The maximum atomic E-state index is 10.5. The predicted molar refractivity (Wildman–Crippen MR) is 38.7 cm³/mol. The van der Waals surface area contributed by atoms with Crippen molar-refractivity contribution >= 4 is 14.2 Å². The van der Waals surface area contributed by atoms with Gasteiger partial charge in [-0.1, -0.05) is 6.58 Å². The molecule has 0 fully saturated rings. The molecular formula is C5H9NO4P+. The van der Waals surface area contributed by atoms with E-state index in [9.17, 15) is 9.36 Å². The Morgan fingerprint density at radius 1 is 1.82 bits per heavy atom. The standard InChI is InChI=1S/C5H8NO4P/c1-3-5(7)6-10-11(8)9-4-2/h3H,1,4H2,2H3/p+1. The molecule has 11 heavy (non-hydrogen) atoms. The van der Waals surface area contributed by atoms with Crippen LogP contribution in [0.5, 0.6) is 0 Å². The molecule has 0 aliphatic heterocycles. The highest BCUT2D eigenvalue weighted by Gasteiger charge is 2.20. The van der Waals surface area contributed by atoms with E-state index >= 15 is 0 Å². The highest BCUT2D eigenvalue weighted by Crippen LogP contribution is 2.20. The Balaban J connectivity index is 3.45. The molecular weight excluding hydrogens is 169 g/mol. The molecule has 0 aromatic rings. The minimum atomic E-state index is -2.25. The van der Waals surface area contributed by atoms with Gasteiger partial charge in [0, 0.05) is 9.19 Å². The summed E-state index contributed by atoms with van der Waals surface area (Å²) in [5.41, 5.74) is 1.85. The monoisotopic (exact) mass is 178 g/mol. The molecule has 0 aromatic heterocycles. The lowest BCUT2D eigenvalue weighted by Crippen LogP contribution is -2.17. The van der Waals surface area contributed by atoms with E-state index in [1.807, 2.05) is 5.48 Å². The largest absolute Gasteiger partial charge is 0.721 e. The molecule has 0 rings (SSSR count). The van der Waals surface area contributed by atoms with Crippen LogP contribution in [0.25, 0.3) is 0 Å². The smallest absolute Gasteiger partial charge is 0.268 e. The van der Waals surface area contributed by atoms with Crippen molar-refractivity contribution in [3.8, 4) is 0 Å². The molecule has 0 bridgehead atoms. The maximum absolute atomic E-state index is 10.5. The van der Waals surface area contributed by atoms with Crippen molar-refractivity contribution in [3.05, 3.63) is 12.7 Å². The number of rotatable bonds is 5. The second-order valence-corrected chi connectivity index (χ2v) is 2.29. The zero-order chi connectivity index (χ0) is 8.69. The van der Waals surface area contributed by atoms with Gasteiger partial charge in [0.2, 0.25) is 0 Å². The molecule has 0 saturated heterocycles. The van der Waals surface area contributed by atoms with Crippen LogP contribution in [0.1, 0.15) is 6.92 Å². The molecule has 1 unspecified atom stereocenters. The van der Waals surface area contributed by atoms with Crippen molar-refractivity contribution in [1.82, 2.24) is 5.48 Å². The lowest BCUT2D eigenvalue weighted by Gasteiger charge is -1.87. The summed E-state index contributed by atoms with van der Waals surface area (Å²) in [7, 11) is -2.25. The first-order valence-electron chi connectivity index (χ1n) is 2.90. The summed E-state index contributed by atoms with van der Waals surface area (Å²) in [6.07, 6.45) is 0.995. The van der Waals surface area contributed by atoms with Gasteiger partial charge in [-0.15, -0.1) is 4.52 Å². The highest BCUT2D eigenvalue weighted by molar-refractivity contribution is 7.33. The summed E-state index contributed by atoms with van der Waals surface area (Å²) in [6.45, 7) is 5.08. The quantitative estimate of drug-likeness (QED) is 0.386. The van der Waals surface area contributed by atoms with Crippen LogP contribution < -0.4 is 5.48 Å². The zero-order valence-corrected chi connectivity index (χ0v) is 6.97. The van der Waals surface area contributed by atoms with Crippen molar-refractivity contribution in [3.63, 3.8) is 0 Å². The SMILES string of the molecule is C=CC(=O)NO[P+](=O)OCC. The minimum absolute atomic E-state index is 0.263. The summed E-state index contributed by atoms with van der Waals surface area (Å²) in [4.78, 5) is 10.4. The Morgan fingerprint density at radius 2 is 2.45 bits per heavy atom. The molecule has 0 heterocycles. The lowest BCUT2D eigenvalue weighted by atomic mass is 10.6. The average Bonchev–Trinajstić information content (AvgIpc) is 2.01. The van der Waals surface area contributed by atoms with Gasteiger partial charge in [-0.3, -0.25) is 4.79 Å². The second-order valence-electron chi connectivity index (χ2n) is 1.40. The van der Waals surface area contributed by atoms with Gasteiger partial charge in [0.15, 0.2) is 0 Å². The van der Waals surface area contributed by atoms with Crippen LogP contribution in [0.4, 0.5) is 0 Å². The van der Waals surface area contributed by atoms with Crippen molar-refractivity contribution < 1.29 is 18.5 Å². The van der Waals surface area contributed by atoms with Gasteiger partial charge in [0.25, 0.3) is 5.91 Å². The third-order valence-electron chi connectivity index (χ3n) is 0.641. The summed E-state index contributed by atoms with van der Waals surface area (Å²) < 4.78 is 19.2. The van der Waals surface area contributed by atoms with Crippen LogP contribution in [0.15, 0.2) is 12.7 Å². The molecule has 6 heteroatoms. The average molecular weight is 178 g/mol. The first-order valence-corrected chi connectivity index (χ1v) is 3.99. The summed E-state index contributed by atoms with van der Waals surface area (Å²) in [5.74, 6) is -0.562. The van der Waals surface area contributed by atoms with Gasteiger partial charge in [-0.05, 0) is 13.0 Å². The van der Waals surface area contributed by atoms with E-state index in [1.165, 1.54) is 0 Å². The predicted octanol–water partition coefficient (Wildman–Crippen LogP) is 0.914. The number of nitrogens with one attached hydrogen (secondary N) is 1. The number of hydrogen-bond acceptors (Lipinski definition) is 4. The third kappa shape index (κ3) is 5.66. The Kier molecular flexibility index (Phi) is 5.56. The van der Waals surface area contributed by atoms with Gasteiger partial charge >= 0.3 is 8.25 Å². The van der Waals surface area contributed by atoms with Gasteiger partial charge in [0.05, 0.1) is 0 Å². The molecule has 0 radical (unpaired) electrons. The topological polar surface area (TPSA) is 64.6 Å². The van der Waals surface area contributed by atoms with Gasteiger partial charge < -0.3 is 0 Å². The molecule has 0 aliphatic carbocycles. The van der Waals surface area contributed by atoms with Crippen molar-refractivity contribution in [2.45, 2.75) is 6.92 Å². The van der Waals surface area contributed by atoms with Crippen LogP contribution >= 0.6 is 8.25 Å². The van der Waals surface area contributed by atoms with E-state index < -0.39 is 14.2 Å². The number of hydrogen-bond donors (Lipinski definition) is 1. The van der Waals surface area contributed by atoms with E-state index in [1.54, 1.807) is 6.92 Å². The molecule has 0 aromatic carbocycles. The molecule has 0 aliphatic rings. The van der Waals surface area contributed by atoms with Crippen molar-refractivity contribution in [2.75, 3.05) is 6.61 Å². The van der Waals surface area contributed by atoms with E-state index in [0.29, 0.717) is 0 Å². The molecule has 0 spiro atoms. The molecule has 5 nitrogen and oxygen atoms in total. The Morgan fingerprint density at radius 3 is 2.91 bits per heavy atom. The van der Waals surface area contributed by atoms with Gasteiger partial charge in [0.1, 0.15) is 6.61 Å². The number of carbonyl (C=O) groups is 1. The fourth-order valence-corrected chi connectivity index (χ4v) is 0.684. The number of hydroxylamine groups is 1. The number of carbonyl (C=O) groups excluding carboxylic acids is 1. The van der Waals surface area contributed by atoms with Crippen LogP contribution in [0.3, 0.4) is 0 Å². The van der Waals surface area contributed by atoms with E-state index in [0.717, 1.165) is 6.08 Å². The van der Waals surface area contributed by atoms with Crippen molar-refractivity contribution in [2.24, 2.45) is 0 Å². The first kappa shape index (κ1) is 10.2. The maximum Gasteiger partial charge on any atom is 0.721 e. The molecule has 1 N–H and O–H groups in total. The van der Waals surface area contributed by atoms with Gasteiger partial charge in [-0.2, -0.15) is 5.48 Å². The summed E-state index contributed by atoms with van der Waals surface area (Å²) in [6, 6.07) is 0. The second kappa shape index (κ2) is 5.97. The summed E-state index contributed by atoms with van der Waals surface area (Å²) >= 11 is 0. The lowest BCUT2D eigenvalue weighted by molar-refractivity contribution is -0.122. The fraction of sp³-hybridized carbons (Fsp3) is 0.400. The molecule has 62 valence electrons. The van der Waals surface area contributed by atoms with E-state index in [4.69, 9.17) is 0 Å². The molecule has 0 saturated carbocycles. The van der Waals surface area contributed by atoms with Crippen LogP contribution in [0.2, 0.25) is 0 Å². The normalized spacial score (nSPS) is 10.5. The first-order chi connectivity index (χ1) is 5.20. The highest BCUT2D eigenvalue weighted by atomic mass is 31.1. The van der Waals surface area contributed by atoms with E-state index in [2.05, 4.69) is 15.7 Å². The van der Waals surface area contributed by atoms with Crippen LogP contribution in [-0.2, 0) is 18.5 Å². The molecule has 1 amide bonds. The fourth-order valence-electron chi connectivity index (χ4n) is 0.256.